The number of pyridine rings is 1. The maximum absolute atomic E-state index is 12.1. The van der Waals surface area contributed by atoms with Crippen molar-refractivity contribution in [1.29, 1.82) is 5.26 Å². The molecule has 0 radical (unpaired) electrons. The van der Waals surface area contributed by atoms with Crippen LogP contribution in [0.15, 0.2) is 73.2 Å². The first-order valence-corrected chi connectivity index (χ1v) is 9.23. The number of carbonyl (C=O) groups excluding carboxylic acids is 1. The van der Waals surface area contributed by atoms with E-state index in [-0.39, 0.29) is 11.9 Å². The van der Waals surface area contributed by atoms with Crippen LogP contribution in [0.2, 0.25) is 0 Å². The summed E-state index contributed by atoms with van der Waals surface area (Å²) in [5, 5.41) is 20.2. The molecule has 3 aromatic rings. The first-order valence-electron chi connectivity index (χ1n) is 9.23. The molecule has 0 spiro atoms. The Balaban J connectivity index is 1.83. The van der Waals surface area contributed by atoms with Crippen LogP contribution in [0.25, 0.3) is 0 Å². The standard InChI is InChI=1S/C22H18N6O2/c1-30-18-8-5-15(6-9-18)21(16-4-7-17(13-23)24-14-16)28-12-10-20(29)26-22(28)19-3-2-11-25-27-19/h2-12,14,21-22H,1H3,(H,26,29). The van der Waals surface area contributed by atoms with E-state index in [1.54, 1.807) is 37.8 Å². The third-order valence-electron chi connectivity index (χ3n) is 4.79. The Morgan fingerprint density at radius 3 is 2.60 bits per heavy atom. The molecule has 0 saturated carbocycles. The van der Waals surface area contributed by atoms with Crippen LogP contribution >= 0.6 is 0 Å². The van der Waals surface area contributed by atoms with Gasteiger partial charge in [-0.2, -0.15) is 15.5 Å². The largest absolute Gasteiger partial charge is 0.497 e. The number of nitrogens with one attached hydrogen (secondary N) is 1. The second-order valence-corrected chi connectivity index (χ2v) is 6.59. The SMILES string of the molecule is COc1ccc(C(c2ccc(C#N)nc2)N2C=CC(=O)NC2c2cccnn2)cc1. The van der Waals surface area contributed by atoms with E-state index in [0.29, 0.717) is 11.4 Å². The summed E-state index contributed by atoms with van der Waals surface area (Å²) >= 11 is 0. The molecular formula is C22H18N6O2. The molecule has 0 aliphatic carbocycles. The van der Waals surface area contributed by atoms with Crippen molar-refractivity contribution < 1.29 is 9.53 Å². The van der Waals surface area contributed by atoms with Gasteiger partial charge in [-0.05, 0) is 41.5 Å². The Morgan fingerprint density at radius 1 is 1.17 bits per heavy atom. The summed E-state index contributed by atoms with van der Waals surface area (Å²) in [6.07, 6.45) is 5.94. The molecule has 2 aromatic heterocycles. The summed E-state index contributed by atoms with van der Waals surface area (Å²) in [5.41, 5.74) is 2.75. The maximum atomic E-state index is 12.1. The van der Waals surface area contributed by atoms with E-state index >= 15 is 0 Å². The van der Waals surface area contributed by atoms with Crippen molar-refractivity contribution in [3.8, 4) is 11.8 Å². The molecule has 8 heteroatoms. The maximum Gasteiger partial charge on any atom is 0.247 e. The van der Waals surface area contributed by atoms with E-state index in [9.17, 15) is 4.79 Å². The van der Waals surface area contributed by atoms with Crippen molar-refractivity contribution in [1.82, 2.24) is 25.4 Å². The van der Waals surface area contributed by atoms with Gasteiger partial charge in [-0.25, -0.2) is 4.98 Å². The molecule has 4 rings (SSSR count). The topological polar surface area (TPSA) is 104 Å². The zero-order valence-corrected chi connectivity index (χ0v) is 16.1. The summed E-state index contributed by atoms with van der Waals surface area (Å²) in [7, 11) is 1.62. The van der Waals surface area contributed by atoms with Gasteiger partial charge >= 0.3 is 0 Å². The molecule has 1 N–H and O–H groups in total. The number of nitrogens with zero attached hydrogens (tertiary/aromatic N) is 5. The van der Waals surface area contributed by atoms with Gasteiger partial charge in [0.1, 0.15) is 29.4 Å². The normalized spacial score (nSPS) is 16.5. The number of ether oxygens (including phenoxy) is 1. The Labute approximate surface area is 173 Å². The van der Waals surface area contributed by atoms with Gasteiger partial charge in [0, 0.05) is 24.7 Å². The molecule has 0 fully saturated rings. The van der Waals surface area contributed by atoms with Crippen LogP contribution in [0, 0.1) is 11.3 Å². The van der Waals surface area contributed by atoms with Crippen molar-refractivity contribution in [2.45, 2.75) is 12.2 Å². The molecular weight excluding hydrogens is 380 g/mol. The molecule has 1 amide bonds. The molecule has 1 aliphatic heterocycles. The molecule has 30 heavy (non-hydrogen) atoms. The number of hydrogen-bond acceptors (Lipinski definition) is 7. The minimum Gasteiger partial charge on any atom is -0.497 e. The van der Waals surface area contributed by atoms with Crippen molar-refractivity contribution in [2.24, 2.45) is 0 Å². The number of nitriles is 1. The first-order chi connectivity index (χ1) is 14.7. The summed E-state index contributed by atoms with van der Waals surface area (Å²) in [4.78, 5) is 18.3. The molecule has 2 atom stereocenters. The van der Waals surface area contributed by atoms with Gasteiger partial charge in [-0.15, -0.1) is 0 Å². The van der Waals surface area contributed by atoms with E-state index in [2.05, 4.69) is 20.5 Å². The fraction of sp³-hybridized carbons (Fsp3) is 0.136. The van der Waals surface area contributed by atoms with E-state index < -0.39 is 6.17 Å². The van der Waals surface area contributed by atoms with Crippen molar-refractivity contribution in [3.05, 3.63) is 95.7 Å². The quantitative estimate of drug-likeness (QED) is 0.704. The fourth-order valence-electron chi connectivity index (χ4n) is 3.37. The number of amides is 1. The predicted octanol–water partition coefficient (Wildman–Crippen LogP) is 2.49. The highest BCUT2D eigenvalue weighted by molar-refractivity contribution is 5.88. The van der Waals surface area contributed by atoms with Crippen molar-refractivity contribution >= 4 is 5.91 Å². The van der Waals surface area contributed by atoms with Gasteiger partial charge in [0.15, 0.2) is 0 Å². The van der Waals surface area contributed by atoms with Gasteiger partial charge in [0.2, 0.25) is 5.91 Å². The summed E-state index contributed by atoms with van der Waals surface area (Å²) in [6, 6.07) is 16.5. The van der Waals surface area contributed by atoms with Gasteiger partial charge in [0.05, 0.1) is 13.2 Å². The highest BCUT2D eigenvalue weighted by atomic mass is 16.5. The summed E-state index contributed by atoms with van der Waals surface area (Å²) in [5.74, 6) is 0.525. The Hall–Kier alpha value is -4.25. The minimum atomic E-state index is -0.529. The van der Waals surface area contributed by atoms with E-state index in [1.807, 2.05) is 47.4 Å². The average Bonchev–Trinajstić information content (AvgIpc) is 2.81. The van der Waals surface area contributed by atoms with Crippen LogP contribution in [-0.4, -0.2) is 33.1 Å². The second kappa shape index (κ2) is 8.41. The predicted molar refractivity (Wildman–Crippen MR) is 108 cm³/mol. The number of benzene rings is 1. The van der Waals surface area contributed by atoms with Gasteiger partial charge in [0.25, 0.3) is 0 Å². The first kappa shape index (κ1) is 19.1. The van der Waals surface area contributed by atoms with Crippen molar-refractivity contribution in [3.63, 3.8) is 0 Å². The Kier molecular flexibility index (Phi) is 5.35. The zero-order chi connectivity index (χ0) is 20.9. The van der Waals surface area contributed by atoms with Crippen LogP contribution in [0.4, 0.5) is 0 Å². The van der Waals surface area contributed by atoms with Crippen LogP contribution in [0.1, 0.15) is 34.7 Å². The van der Waals surface area contributed by atoms with Gasteiger partial charge < -0.3 is 15.0 Å². The van der Waals surface area contributed by atoms with Crippen LogP contribution in [-0.2, 0) is 4.79 Å². The molecule has 1 aromatic carbocycles. The number of hydrogen-bond donors (Lipinski definition) is 1. The number of methoxy groups -OCH3 is 1. The van der Waals surface area contributed by atoms with Crippen LogP contribution in [0.5, 0.6) is 5.75 Å². The van der Waals surface area contributed by atoms with Crippen LogP contribution in [0.3, 0.4) is 0 Å². The third kappa shape index (κ3) is 3.82. The molecule has 1 aliphatic rings. The van der Waals surface area contributed by atoms with E-state index in [0.717, 1.165) is 16.9 Å². The monoisotopic (exact) mass is 398 g/mol. The molecule has 3 heterocycles. The van der Waals surface area contributed by atoms with Crippen molar-refractivity contribution in [2.75, 3.05) is 7.11 Å². The average molecular weight is 398 g/mol. The van der Waals surface area contributed by atoms with E-state index in [1.165, 1.54) is 6.08 Å². The number of carbonyl (C=O) groups is 1. The lowest BCUT2D eigenvalue weighted by molar-refractivity contribution is -0.119. The fourth-order valence-corrected chi connectivity index (χ4v) is 3.37. The third-order valence-corrected chi connectivity index (χ3v) is 4.79. The van der Waals surface area contributed by atoms with Crippen LogP contribution < -0.4 is 10.1 Å². The second-order valence-electron chi connectivity index (χ2n) is 6.59. The highest BCUT2D eigenvalue weighted by Crippen LogP contribution is 2.36. The van der Waals surface area contributed by atoms with Gasteiger partial charge in [-0.3, -0.25) is 4.79 Å². The lowest BCUT2D eigenvalue weighted by atomic mass is 9.96. The lowest BCUT2D eigenvalue weighted by Gasteiger charge is -2.39. The zero-order valence-electron chi connectivity index (χ0n) is 16.1. The molecule has 148 valence electrons. The van der Waals surface area contributed by atoms with Gasteiger partial charge in [-0.1, -0.05) is 18.2 Å². The van der Waals surface area contributed by atoms with E-state index in [4.69, 9.17) is 10.00 Å². The Morgan fingerprint density at radius 2 is 1.97 bits per heavy atom. The lowest BCUT2D eigenvalue weighted by Crippen LogP contribution is -2.44. The molecule has 2 unspecified atom stereocenters. The number of aromatic nitrogens is 3. The molecule has 0 saturated heterocycles. The highest BCUT2D eigenvalue weighted by Gasteiger charge is 2.32. The summed E-state index contributed by atoms with van der Waals surface area (Å²) < 4.78 is 5.28. The smallest absolute Gasteiger partial charge is 0.247 e. The minimum absolute atomic E-state index is 0.215. The molecule has 0 bridgehead atoms. The number of rotatable bonds is 5. The summed E-state index contributed by atoms with van der Waals surface area (Å²) in [6.45, 7) is 0. The molecule has 8 nitrogen and oxygen atoms in total. The Bertz CT molecular complexity index is 1090.